The van der Waals surface area contributed by atoms with Crippen LogP contribution in [0, 0.1) is 0 Å². The van der Waals surface area contributed by atoms with Gasteiger partial charge < -0.3 is 10.2 Å². The second-order valence-corrected chi connectivity index (χ2v) is 5.28. The zero-order valence-electron chi connectivity index (χ0n) is 11.2. The molecule has 1 aliphatic rings. The number of hydrogen-bond donors (Lipinski definition) is 1. The zero-order valence-corrected chi connectivity index (χ0v) is 11.2. The first-order chi connectivity index (χ1) is 8.19. The molecule has 0 bridgehead atoms. The standard InChI is InChI=1S/C15H24N2/c1-4-13-6-5-7-15(10-13)17-9-8-14(11-17)16-12(2)3/h5-7,10,12,14,16H,4,8-9,11H2,1-3H3. The highest BCUT2D eigenvalue weighted by atomic mass is 15.2. The lowest BCUT2D eigenvalue weighted by atomic mass is 10.1. The molecule has 0 spiro atoms. The van der Waals surface area contributed by atoms with Crippen molar-refractivity contribution in [1.29, 1.82) is 0 Å². The van der Waals surface area contributed by atoms with Gasteiger partial charge in [-0.3, -0.25) is 0 Å². The molecule has 0 aliphatic carbocycles. The number of benzene rings is 1. The summed E-state index contributed by atoms with van der Waals surface area (Å²) in [5, 5.41) is 3.63. The van der Waals surface area contributed by atoms with E-state index in [1.807, 2.05) is 0 Å². The predicted octanol–water partition coefficient (Wildman–Crippen LogP) is 2.83. The van der Waals surface area contributed by atoms with Crippen molar-refractivity contribution in [2.45, 2.75) is 45.7 Å². The third-order valence-electron chi connectivity index (χ3n) is 3.44. The van der Waals surface area contributed by atoms with Gasteiger partial charge in [0.15, 0.2) is 0 Å². The van der Waals surface area contributed by atoms with Gasteiger partial charge in [0.1, 0.15) is 0 Å². The molecule has 1 N–H and O–H groups in total. The van der Waals surface area contributed by atoms with Crippen molar-refractivity contribution < 1.29 is 0 Å². The average Bonchev–Trinajstić information content (AvgIpc) is 2.77. The van der Waals surface area contributed by atoms with Crippen molar-refractivity contribution in [2.24, 2.45) is 0 Å². The van der Waals surface area contributed by atoms with Crippen LogP contribution in [0.2, 0.25) is 0 Å². The molecule has 1 unspecified atom stereocenters. The molecule has 0 radical (unpaired) electrons. The van der Waals surface area contributed by atoms with Gasteiger partial charge in [-0.2, -0.15) is 0 Å². The van der Waals surface area contributed by atoms with E-state index in [-0.39, 0.29) is 0 Å². The molecule has 0 saturated carbocycles. The molecule has 94 valence electrons. The third kappa shape index (κ3) is 3.22. The molecular formula is C15H24N2. The number of aryl methyl sites for hydroxylation is 1. The highest BCUT2D eigenvalue weighted by Crippen LogP contribution is 2.21. The molecule has 1 aromatic carbocycles. The van der Waals surface area contributed by atoms with Crippen LogP contribution >= 0.6 is 0 Å². The van der Waals surface area contributed by atoms with Crippen LogP contribution in [0.15, 0.2) is 24.3 Å². The van der Waals surface area contributed by atoms with E-state index < -0.39 is 0 Å². The van der Waals surface area contributed by atoms with Crippen molar-refractivity contribution in [2.75, 3.05) is 18.0 Å². The van der Waals surface area contributed by atoms with Crippen LogP contribution in [0.3, 0.4) is 0 Å². The minimum atomic E-state index is 0.585. The van der Waals surface area contributed by atoms with E-state index in [0.717, 1.165) is 13.0 Å². The Labute approximate surface area is 105 Å². The summed E-state index contributed by atoms with van der Waals surface area (Å²) in [6.45, 7) is 8.98. The highest BCUT2D eigenvalue weighted by Gasteiger charge is 2.22. The first kappa shape index (κ1) is 12.4. The maximum Gasteiger partial charge on any atom is 0.0369 e. The fourth-order valence-electron chi connectivity index (χ4n) is 2.58. The number of rotatable bonds is 4. The Morgan fingerprint density at radius 2 is 2.24 bits per heavy atom. The van der Waals surface area contributed by atoms with Gasteiger partial charge in [-0.1, -0.05) is 32.9 Å². The third-order valence-corrected chi connectivity index (χ3v) is 3.44. The molecule has 1 atom stereocenters. The van der Waals surface area contributed by atoms with Gasteiger partial charge in [-0.25, -0.2) is 0 Å². The van der Waals surface area contributed by atoms with Gasteiger partial charge in [0.2, 0.25) is 0 Å². The van der Waals surface area contributed by atoms with E-state index in [1.54, 1.807) is 0 Å². The summed E-state index contributed by atoms with van der Waals surface area (Å²) in [5.41, 5.74) is 2.82. The smallest absolute Gasteiger partial charge is 0.0369 e. The van der Waals surface area contributed by atoms with Crippen LogP contribution in [-0.4, -0.2) is 25.2 Å². The summed E-state index contributed by atoms with van der Waals surface area (Å²) in [5.74, 6) is 0. The van der Waals surface area contributed by atoms with E-state index in [9.17, 15) is 0 Å². The number of anilines is 1. The van der Waals surface area contributed by atoms with Crippen LogP contribution in [0.5, 0.6) is 0 Å². The quantitative estimate of drug-likeness (QED) is 0.858. The molecule has 1 aliphatic heterocycles. The lowest BCUT2D eigenvalue weighted by molar-refractivity contribution is 0.492. The molecule has 2 heteroatoms. The first-order valence-corrected chi connectivity index (χ1v) is 6.79. The SMILES string of the molecule is CCc1cccc(N2CCC(NC(C)C)C2)c1. The van der Waals surface area contributed by atoms with Gasteiger partial charge in [0.25, 0.3) is 0 Å². The van der Waals surface area contributed by atoms with Crippen LogP contribution in [0.1, 0.15) is 32.8 Å². The molecule has 1 saturated heterocycles. The largest absolute Gasteiger partial charge is 0.370 e. The second-order valence-electron chi connectivity index (χ2n) is 5.28. The molecule has 1 aromatic rings. The Morgan fingerprint density at radius 1 is 1.41 bits per heavy atom. The molecule has 0 amide bonds. The lowest BCUT2D eigenvalue weighted by Crippen LogP contribution is -2.37. The van der Waals surface area contributed by atoms with Gasteiger partial charge >= 0.3 is 0 Å². The average molecular weight is 232 g/mol. The van der Waals surface area contributed by atoms with Crippen molar-refractivity contribution in [3.05, 3.63) is 29.8 Å². The fraction of sp³-hybridized carbons (Fsp3) is 0.600. The Hall–Kier alpha value is -1.02. The summed E-state index contributed by atoms with van der Waals surface area (Å²) < 4.78 is 0. The minimum Gasteiger partial charge on any atom is -0.370 e. The molecule has 1 heterocycles. The fourth-order valence-corrected chi connectivity index (χ4v) is 2.58. The maximum atomic E-state index is 3.63. The van der Waals surface area contributed by atoms with Crippen LogP contribution in [-0.2, 0) is 6.42 Å². The van der Waals surface area contributed by atoms with Crippen LogP contribution in [0.4, 0.5) is 5.69 Å². The zero-order chi connectivity index (χ0) is 12.3. The van der Waals surface area contributed by atoms with E-state index in [1.165, 1.54) is 24.2 Å². The van der Waals surface area contributed by atoms with Gasteiger partial charge in [0.05, 0.1) is 0 Å². The summed E-state index contributed by atoms with van der Waals surface area (Å²) in [4.78, 5) is 2.50. The molecule has 2 rings (SSSR count). The maximum absolute atomic E-state index is 3.63. The number of nitrogens with one attached hydrogen (secondary N) is 1. The first-order valence-electron chi connectivity index (χ1n) is 6.79. The minimum absolute atomic E-state index is 0.585. The van der Waals surface area contributed by atoms with Crippen molar-refractivity contribution in [3.63, 3.8) is 0 Å². The summed E-state index contributed by atoms with van der Waals surface area (Å²) in [7, 11) is 0. The van der Waals surface area contributed by atoms with E-state index in [0.29, 0.717) is 12.1 Å². The van der Waals surface area contributed by atoms with Gasteiger partial charge in [-0.05, 0) is 30.5 Å². The van der Waals surface area contributed by atoms with Crippen molar-refractivity contribution >= 4 is 5.69 Å². The highest BCUT2D eigenvalue weighted by molar-refractivity contribution is 5.49. The normalized spacial score (nSPS) is 20.2. The van der Waals surface area contributed by atoms with Gasteiger partial charge in [-0.15, -0.1) is 0 Å². The second kappa shape index (κ2) is 5.54. The Balaban J connectivity index is 1.99. The van der Waals surface area contributed by atoms with Crippen LogP contribution in [0.25, 0.3) is 0 Å². The van der Waals surface area contributed by atoms with E-state index in [4.69, 9.17) is 0 Å². The Bertz CT molecular complexity index is 360. The topological polar surface area (TPSA) is 15.3 Å². The van der Waals surface area contributed by atoms with Crippen molar-refractivity contribution in [1.82, 2.24) is 5.32 Å². The summed E-state index contributed by atoms with van der Waals surface area (Å²) in [6, 6.07) is 10.2. The summed E-state index contributed by atoms with van der Waals surface area (Å²) in [6.07, 6.45) is 2.38. The van der Waals surface area contributed by atoms with Crippen LogP contribution < -0.4 is 10.2 Å². The lowest BCUT2D eigenvalue weighted by Gasteiger charge is -2.20. The van der Waals surface area contributed by atoms with E-state index in [2.05, 4.69) is 55.3 Å². The molecular weight excluding hydrogens is 208 g/mol. The molecule has 2 nitrogen and oxygen atoms in total. The Morgan fingerprint density at radius 3 is 2.94 bits per heavy atom. The number of hydrogen-bond acceptors (Lipinski definition) is 2. The molecule has 1 fully saturated rings. The van der Waals surface area contributed by atoms with Crippen molar-refractivity contribution in [3.8, 4) is 0 Å². The summed E-state index contributed by atoms with van der Waals surface area (Å²) >= 11 is 0. The molecule has 17 heavy (non-hydrogen) atoms. The monoisotopic (exact) mass is 232 g/mol. The predicted molar refractivity (Wildman–Crippen MR) is 74.7 cm³/mol. The van der Waals surface area contributed by atoms with E-state index >= 15 is 0 Å². The Kier molecular flexibility index (Phi) is 4.06. The molecule has 0 aromatic heterocycles. The van der Waals surface area contributed by atoms with Gasteiger partial charge in [0, 0.05) is 30.9 Å². The number of nitrogens with zero attached hydrogens (tertiary/aromatic N) is 1.